The lowest BCUT2D eigenvalue weighted by molar-refractivity contribution is -0.117. The summed E-state index contributed by atoms with van der Waals surface area (Å²) < 4.78 is 0. The number of hydrogen-bond acceptors (Lipinski definition) is 1. The molecule has 0 bridgehead atoms. The van der Waals surface area contributed by atoms with E-state index in [0.717, 1.165) is 11.1 Å². The summed E-state index contributed by atoms with van der Waals surface area (Å²) in [7, 11) is 0. The van der Waals surface area contributed by atoms with E-state index in [2.05, 4.69) is 24.3 Å². The SMILES string of the molecule is O=C1Cc2ccccc2-c2ccccc2C1. The summed E-state index contributed by atoms with van der Waals surface area (Å²) in [6, 6.07) is 16.4. The summed E-state index contributed by atoms with van der Waals surface area (Å²) in [5.74, 6) is 0.303. The third-order valence-electron chi connectivity index (χ3n) is 3.10. The van der Waals surface area contributed by atoms with Crippen molar-refractivity contribution in [1.29, 1.82) is 0 Å². The van der Waals surface area contributed by atoms with Gasteiger partial charge >= 0.3 is 0 Å². The van der Waals surface area contributed by atoms with Gasteiger partial charge in [0.1, 0.15) is 5.78 Å². The molecule has 0 saturated carbocycles. The Labute approximate surface area is 94.7 Å². The van der Waals surface area contributed by atoms with Crippen LogP contribution in [0.25, 0.3) is 11.1 Å². The van der Waals surface area contributed by atoms with Gasteiger partial charge in [0.25, 0.3) is 0 Å². The van der Waals surface area contributed by atoms with E-state index in [4.69, 9.17) is 0 Å². The molecule has 0 heterocycles. The molecule has 0 aromatic heterocycles. The van der Waals surface area contributed by atoms with Gasteiger partial charge in [0.05, 0.1) is 0 Å². The highest BCUT2D eigenvalue weighted by Gasteiger charge is 2.17. The molecule has 0 amide bonds. The van der Waals surface area contributed by atoms with Crippen molar-refractivity contribution in [2.75, 3.05) is 0 Å². The van der Waals surface area contributed by atoms with Gasteiger partial charge < -0.3 is 0 Å². The quantitative estimate of drug-likeness (QED) is 0.650. The first-order valence-electron chi connectivity index (χ1n) is 5.52. The summed E-state index contributed by atoms with van der Waals surface area (Å²) in [6.07, 6.45) is 1.12. The molecule has 0 saturated heterocycles. The monoisotopic (exact) mass is 208 g/mol. The normalized spacial score (nSPS) is 13.9. The van der Waals surface area contributed by atoms with Crippen molar-refractivity contribution in [3.8, 4) is 11.1 Å². The van der Waals surface area contributed by atoms with E-state index in [-0.39, 0.29) is 0 Å². The molecule has 0 spiro atoms. The van der Waals surface area contributed by atoms with Crippen LogP contribution in [0.3, 0.4) is 0 Å². The van der Waals surface area contributed by atoms with Gasteiger partial charge in [-0.2, -0.15) is 0 Å². The predicted molar refractivity (Wildman–Crippen MR) is 64.3 cm³/mol. The van der Waals surface area contributed by atoms with E-state index >= 15 is 0 Å². The first-order chi connectivity index (χ1) is 7.84. The number of carbonyl (C=O) groups is 1. The molecule has 3 rings (SSSR count). The lowest BCUT2D eigenvalue weighted by Crippen LogP contribution is -2.03. The third-order valence-corrected chi connectivity index (χ3v) is 3.10. The first kappa shape index (κ1) is 9.34. The molecule has 0 N–H and O–H groups in total. The molecular formula is C15H12O. The summed E-state index contributed by atoms with van der Waals surface area (Å²) in [6.45, 7) is 0. The van der Waals surface area contributed by atoms with E-state index in [9.17, 15) is 4.79 Å². The Kier molecular flexibility index (Phi) is 2.10. The molecule has 0 unspecified atom stereocenters. The van der Waals surface area contributed by atoms with Crippen LogP contribution in [0, 0.1) is 0 Å². The van der Waals surface area contributed by atoms with Crippen molar-refractivity contribution in [3.05, 3.63) is 59.7 Å². The van der Waals surface area contributed by atoms with Crippen LogP contribution in [0.4, 0.5) is 0 Å². The van der Waals surface area contributed by atoms with Gasteiger partial charge in [0.15, 0.2) is 0 Å². The number of fused-ring (bicyclic) bond motifs is 3. The van der Waals surface area contributed by atoms with E-state index in [0.29, 0.717) is 18.6 Å². The van der Waals surface area contributed by atoms with Crippen molar-refractivity contribution < 1.29 is 4.79 Å². The molecule has 1 aliphatic carbocycles. The van der Waals surface area contributed by atoms with Gasteiger partial charge in [-0.3, -0.25) is 4.79 Å². The molecule has 0 radical (unpaired) electrons. The van der Waals surface area contributed by atoms with Crippen LogP contribution < -0.4 is 0 Å². The number of benzene rings is 2. The number of rotatable bonds is 0. The molecule has 78 valence electrons. The van der Waals surface area contributed by atoms with Gasteiger partial charge in [-0.15, -0.1) is 0 Å². The fourth-order valence-electron chi connectivity index (χ4n) is 2.36. The van der Waals surface area contributed by atoms with Crippen molar-refractivity contribution in [2.45, 2.75) is 12.8 Å². The molecule has 16 heavy (non-hydrogen) atoms. The first-order valence-corrected chi connectivity index (χ1v) is 5.52. The van der Waals surface area contributed by atoms with E-state index in [1.807, 2.05) is 24.3 Å². The van der Waals surface area contributed by atoms with Crippen LogP contribution in [0.1, 0.15) is 11.1 Å². The third kappa shape index (κ3) is 1.45. The summed E-state index contributed by atoms with van der Waals surface area (Å²) in [4.78, 5) is 11.8. The molecule has 0 aliphatic heterocycles. The Bertz CT molecular complexity index is 505. The Balaban J connectivity index is 2.30. The molecule has 1 aliphatic rings. The minimum absolute atomic E-state index is 0.303. The van der Waals surface area contributed by atoms with E-state index < -0.39 is 0 Å². The number of hydrogen-bond donors (Lipinski definition) is 0. The highest BCUT2D eigenvalue weighted by atomic mass is 16.1. The van der Waals surface area contributed by atoms with Crippen molar-refractivity contribution >= 4 is 5.78 Å². The second-order valence-corrected chi connectivity index (χ2v) is 4.21. The van der Waals surface area contributed by atoms with Crippen LogP contribution in [-0.2, 0) is 17.6 Å². The molecular weight excluding hydrogens is 196 g/mol. The maximum Gasteiger partial charge on any atom is 0.141 e. The Morgan fingerprint density at radius 1 is 0.688 bits per heavy atom. The minimum Gasteiger partial charge on any atom is -0.299 e. The second-order valence-electron chi connectivity index (χ2n) is 4.21. The largest absolute Gasteiger partial charge is 0.299 e. The zero-order chi connectivity index (χ0) is 11.0. The Morgan fingerprint density at radius 2 is 1.12 bits per heavy atom. The molecule has 2 aromatic carbocycles. The van der Waals surface area contributed by atoms with Crippen molar-refractivity contribution in [3.63, 3.8) is 0 Å². The smallest absolute Gasteiger partial charge is 0.141 e. The molecule has 0 fully saturated rings. The van der Waals surface area contributed by atoms with Gasteiger partial charge in [-0.05, 0) is 22.3 Å². The van der Waals surface area contributed by atoms with Crippen LogP contribution in [0.15, 0.2) is 48.5 Å². The average Bonchev–Trinajstić information content (AvgIpc) is 2.44. The standard InChI is InChI=1S/C15H12O/c16-13-9-11-5-1-3-7-14(11)15-8-4-2-6-12(15)10-13/h1-8H,9-10H2. The molecule has 1 heteroatoms. The molecule has 2 aromatic rings. The fraction of sp³-hybridized carbons (Fsp3) is 0.133. The highest BCUT2D eigenvalue weighted by Crippen LogP contribution is 2.30. The number of ketones is 1. The van der Waals surface area contributed by atoms with E-state index in [1.54, 1.807) is 0 Å². The lowest BCUT2D eigenvalue weighted by atomic mass is 9.97. The van der Waals surface area contributed by atoms with Gasteiger partial charge in [-0.1, -0.05) is 48.5 Å². The molecule has 1 nitrogen and oxygen atoms in total. The zero-order valence-electron chi connectivity index (χ0n) is 8.94. The predicted octanol–water partition coefficient (Wildman–Crippen LogP) is 3.02. The van der Waals surface area contributed by atoms with Crippen LogP contribution >= 0.6 is 0 Å². The lowest BCUT2D eigenvalue weighted by Gasteiger charge is -2.07. The Morgan fingerprint density at radius 3 is 1.62 bits per heavy atom. The second kappa shape index (κ2) is 3.60. The molecule has 0 atom stereocenters. The van der Waals surface area contributed by atoms with Crippen LogP contribution in [-0.4, -0.2) is 5.78 Å². The van der Waals surface area contributed by atoms with E-state index in [1.165, 1.54) is 11.1 Å². The maximum absolute atomic E-state index is 11.8. The summed E-state index contributed by atoms with van der Waals surface area (Å²) in [5, 5.41) is 0. The Hall–Kier alpha value is -1.89. The zero-order valence-corrected chi connectivity index (χ0v) is 8.94. The summed E-state index contributed by atoms with van der Waals surface area (Å²) in [5.41, 5.74) is 4.72. The number of Topliss-reactive ketones (excluding diaryl/α,β-unsaturated/α-hetero) is 1. The van der Waals surface area contributed by atoms with Crippen LogP contribution in [0.5, 0.6) is 0 Å². The summed E-state index contributed by atoms with van der Waals surface area (Å²) >= 11 is 0. The van der Waals surface area contributed by atoms with Crippen molar-refractivity contribution in [2.24, 2.45) is 0 Å². The van der Waals surface area contributed by atoms with Gasteiger partial charge in [-0.25, -0.2) is 0 Å². The van der Waals surface area contributed by atoms with Gasteiger partial charge in [0, 0.05) is 12.8 Å². The maximum atomic E-state index is 11.8. The average molecular weight is 208 g/mol. The topological polar surface area (TPSA) is 17.1 Å². The minimum atomic E-state index is 0.303. The van der Waals surface area contributed by atoms with Gasteiger partial charge in [0.2, 0.25) is 0 Å². The van der Waals surface area contributed by atoms with Crippen LogP contribution in [0.2, 0.25) is 0 Å². The number of carbonyl (C=O) groups excluding carboxylic acids is 1. The fourth-order valence-corrected chi connectivity index (χ4v) is 2.36. The highest BCUT2D eigenvalue weighted by molar-refractivity contribution is 5.90. The van der Waals surface area contributed by atoms with Crippen molar-refractivity contribution in [1.82, 2.24) is 0 Å².